The second kappa shape index (κ2) is 11.7. The summed E-state index contributed by atoms with van der Waals surface area (Å²) in [6.07, 6.45) is 6.68. The van der Waals surface area contributed by atoms with Crippen molar-refractivity contribution in [2.24, 2.45) is 4.99 Å². The number of nitrogens with one attached hydrogen (secondary N) is 2. The van der Waals surface area contributed by atoms with Crippen LogP contribution in [0.3, 0.4) is 0 Å². The summed E-state index contributed by atoms with van der Waals surface area (Å²) in [5, 5.41) is 21.1. The summed E-state index contributed by atoms with van der Waals surface area (Å²) in [6, 6.07) is 5.86. The summed E-state index contributed by atoms with van der Waals surface area (Å²) in [5.41, 5.74) is 0.915. The number of hydrogen-bond donors (Lipinski definition) is 3. The highest BCUT2D eigenvalue weighted by atomic mass is 127. The molecule has 1 unspecified atom stereocenters. The highest BCUT2D eigenvalue weighted by molar-refractivity contribution is 14.0. The molecule has 0 aliphatic heterocycles. The molecule has 2 aromatic rings. The molecule has 3 N–H and O–H groups in total. The molecule has 1 aliphatic carbocycles. The van der Waals surface area contributed by atoms with Crippen molar-refractivity contribution in [2.75, 3.05) is 13.1 Å². The predicted octanol–water partition coefficient (Wildman–Crippen LogP) is 4.05. The lowest BCUT2D eigenvalue weighted by Gasteiger charge is -2.24. The smallest absolute Gasteiger partial charge is 0.218 e. The molecule has 8 heteroatoms. The molecule has 29 heavy (non-hydrogen) atoms. The topological polar surface area (TPSA) is 78.8 Å². The van der Waals surface area contributed by atoms with E-state index in [1.54, 1.807) is 24.5 Å². The molecule has 0 saturated heterocycles. The van der Waals surface area contributed by atoms with Gasteiger partial charge < -0.3 is 20.5 Å². The largest absolute Gasteiger partial charge is 0.474 e. The van der Waals surface area contributed by atoms with Crippen LogP contribution in [0.2, 0.25) is 0 Å². The number of pyridine rings is 1. The van der Waals surface area contributed by atoms with Crippen LogP contribution in [0.5, 0.6) is 5.88 Å². The van der Waals surface area contributed by atoms with Gasteiger partial charge in [-0.1, -0.05) is 6.07 Å². The number of ether oxygens (including phenoxy) is 1. The van der Waals surface area contributed by atoms with Crippen molar-refractivity contribution in [3.63, 3.8) is 0 Å². The van der Waals surface area contributed by atoms with E-state index in [0.29, 0.717) is 24.9 Å². The standard InChI is InChI=1S/C21H30N4O2S.HI/c1-3-22-20(25-15-21(2,26)17-10-12-28-14-17)24-13-16-7-6-11-23-19(16)27-18-8-4-5-9-18;/h6-7,10-12,14,18,26H,3-5,8-9,13,15H2,1-2H3,(H2,22,24,25);1H. The maximum atomic E-state index is 10.7. The van der Waals surface area contributed by atoms with Crippen molar-refractivity contribution in [2.45, 2.75) is 57.8 Å². The van der Waals surface area contributed by atoms with Crippen LogP contribution >= 0.6 is 35.3 Å². The Hall–Kier alpha value is -1.39. The van der Waals surface area contributed by atoms with Crippen LogP contribution in [0.1, 0.15) is 50.7 Å². The predicted molar refractivity (Wildman–Crippen MR) is 129 cm³/mol. The Kier molecular flexibility index (Phi) is 9.64. The van der Waals surface area contributed by atoms with Crippen molar-refractivity contribution in [1.82, 2.24) is 15.6 Å². The first-order chi connectivity index (χ1) is 13.6. The number of hydrogen-bond acceptors (Lipinski definition) is 5. The van der Waals surface area contributed by atoms with Gasteiger partial charge in [-0.05, 0) is 68.0 Å². The zero-order valence-electron chi connectivity index (χ0n) is 17.1. The van der Waals surface area contributed by atoms with E-state index in [1.807, 2.05) is 35.9 Å². The minimum absolute atomic E-state index is 0. The quantitative estimate of drug-likeness (QED) is 0.273. The summed E-state index contributed by atoms with van der Waals surface area (Å²) in [5.74, 6) is 1.34. The SMILES string of the molecule is CCNC(=NCc1cccnc1OC1CCCC1)NCC(C)(O)c1ccsc1.I. The molecule has 0 radical (unpaired) electrons. The molecule has 0 bridgehead atoms. The maximum Gasteiger partial charge on any atom is 0.218 e. The van der Waals surface area contributed by atoms with Crippen molar-refractivity contribution < 1.29 is 9.84 Å². The molecule has 0 spiro atoms. The van der Waals surface area contributed by atoms with Gasteiger partial charge in [0.15, 0.2) is 5.96 Å². The van der Waals surface area contributed by atoms with Gasteiger partial charge in [0.05, 0.1) is 13.1 Å². The van der Waals surface area contributed by atoms with E-state index in [4.69, 9.17) is 4.74 Å². The van der Waals surface area contributed by atoms with Crippen molar-refractivity contribution in [3.05, 3.63) is 46.3 Å². The molecular formula is C21H31IN4O2S. The van der Waals surface area contributed by atoms with Gasteiger partial charge in [-0.2, -0.15) is 11.3 Å². The number of aliphatic imine (C=N–C) groups is 1. The highest BCUT2D eigenvalue weighted by Gasteiger charge is 2.24. The Labute approximate surface area is 194 Å². The van der Waals surface area contributed by atoms with Gasteiger partial charge in [-0.15, -0.1) is 24.0 Å². The molecule has 0 aromatic carbocycles. The van der Waals surface area contributed by atoms with Gasteiger partial charge in [-0.25, -0.2) is 9.98 Å². The summed E-state index contributed by atoms with van der Waals surface area (Å²) in [4.78, 5) is 9.08. The van der Waals surface area contributed by atoms with Gasteiger partial charge in [0.25, 0.3) is 0 Å². The van der Waals surface area contributed by atoms with Gasteiger partial charge in [0.2, 0.25) is 5.88 Å². The van der Waals surface area contributed by atoms with Crippen LogP contribution in [-0.2, 0) is 12.1 Å². The van der Waals surface area contributed by atoms with E-state index in [0.717, 1.165) is 30.5 Å². The number of thiophene rings is 1. The van der Waals surface area contributed by atoms with Crippen LogP contribution in [0.25, 0.3) is 0 Å². The molecule has 1 fully saturated rings. The van der Waals surface area contributed by atoms with Crippen LogP contribution in [-0.4, -0.2) is 35.2 Å². The molecular weight excluding hydrogens is 499 g/mol. The number of aliphatic hydroxyl groups is 1. The highest BCUT2D eigenvalue weighted by Crippen LogP contribution is 2.25. The number of aromatic nitrogens is 1. The van der Waals surface area contributed by atoms with Gasteiger partial charge in [0, 0.05) is 18.3 Å². The Balaban J connectivity index is 0.00000300. The fourth-order valence-corrected chi connectivity index (χ4v) is 4.03. The molecule has 3 rings (SSSR count). The molecule has 0 amide bonds. The van der Waals surface area contributed by atoms with Crippen LogP contribution < -0.4 is 15.4 Å². The van der Waals surface area contributed by atoms with E-state index in [-0.39, 0.29) is 30.1 Å². The molecule has 1 atom stereocenters. The molecule has 2 aromatic heterocycles. The number of guanidine groups is 1. The van der Waals surface area contributed by atoms with E-state index in [1.165, 1.54) is 12.8 Å². The first kappa shape index (κ1) is 23.9. The maximum absolute atomic E-state index is 10.7. The lowest BCUT2D eigenvalue weighted by molar-refractivity contribution is 0.0621. The summed E-state index contributed by atoms with van der Waals surface area (Å²) in [6.45, 7) is 5.40. The molecule has 1 aliphatic rings. The Bertz CT molecular complexity index is 762. The first-order valence-corrected chi connectivity index (χ1v) is 10.9. The van der Waals surface area contributed by atoms with Gasteiger partial charge in [0.1, 0.15) is 11.7 Å². The van der Waals surface area contributed by atoms with Gasteiger partial charge in [-0.3, -0.25) is 0 Å². The summed E-state index contributed by atoms with van der Waals surface area (Å²) >= 11 is 1.58. The fraction of sp³-hybridized carbons (Fsp3) is 0.524. The third-order valence-corrected chi connectivity index (χ3v) is 5.61. The Morgan fingerprint density at radius 2 is 2.14 bits per heavy atom. The number of nitrogens with zero attached hydrogens (tertiary/aromatic N) is 2. The fourth-order valence-electron chi connectivity index (χ4n) is 3.25. The van der Waals surface area contributed by atoms with Crippen molar-refractivity contribution in [1.29, 1.82) is 0 Å². The molecule has 160 valence electrons. The van der Waals surface area contributed by atoms with Crippen LogP contribution in [0, 0.1) is 0 Å². The van der Waals surface area contributed by atoms with Crippen molar-refractivity contribution >= 4 is 41.3 Å². The average Bonchev–Trinajstić information content (AvgIpc) is 3.39. The van der Waals surface area contributed by atoms with Crippen molar-refractivity contribution in [3.8, 4) is 5.88 Å². The molecule has 1 saturated carbocycles. The summed E-state index contributed by atoms with van der Waals surface area (Å²) < 4.78 is 6.10. The minimum atomic E-state index is -0.957. The van der Waals surface area contributed by atoms with E-state index < -0.39 is 5.60 Å². The zero-order chi connectivity index (χ0) is 19.8. The Morgan fingerprint density at radius 1 is 1.34 bits per heavy atom. The molecule has 2 heterocycles. The molecule has 6 nitrogen and oxygen atoms in total. The van der Waals surface area contributed by atoms with E-state index in [9.17, 15) is 5.11 Å². The monoisotopic (exact) mass is 530 g/mol. The first-order valence-electron chi connectivity index (χ1n) is 9.96. The normalized spacial score (nSPS) is 16.7. The third kappa shape index (κ3) is 7.11. The van der Waals surface area contributed by atoms with Gasteiger partial charge >= 0.3 is 0 Å². The third-order valence-electron chi connectivity index (χ3n) is 4.93. The minimum Gasteiger partial charge on any atom is -0.474 e. The lowest BCUT2D eigenvalue weighted by Crippen LogP contribution is -2.44. The van der Waals surface area contributed by atoms with Crippen LogP contribution in [0.15, 0.2) is 40.1 Å². The second-order valence-electron chi connectivity index (χ2n) is 7.33. The second-order valence-corrected chi connectivity index (χ2v) is 8.11. The number of rotatable bonds is 8. The van der Waals surface area contributed by atoms with E-state index >= 15 is 0 Å². The number of halogens is 1. The summed E-state index contributed by atoms with van der Waals surface area (Å²) in [7, 11) is 0. The van der Waals surface area contributed by atoms with E-state index in [2.05, 4.69) is 20.6 Å². The zero-order valence-corrected chi connectivity index (χ0v) is 20.2. The lowest BCUT2D eigenvalue weighted by atomic mass is 9.99. The average molecular weight is 530 g/mol. The van der Waals surface area contributed by atoms with Crippen LogP contribution in [0.4, 0.5) is 0 Å². The Morgan fingerprint density at radius 3 is 2.83 bits per heavy atom.